The minimum Gasteiger partial charge on any atom is -0.362 e. The number of hydrogen-bond donors (Lipinski definition) is 0. The van der Waals surface area contributed by atoms with E-state index < -0.39 is 0 Å². The van der Waals surface area contributed by atoms with E-state index in [4.69, 9.17) is 0 Å². The Bertz CT molecular complexity index is 1480. The molecule has 5 rings (SSSR count). The Balaban J connectivity index is 1.69. The number of imidazole rings is 1. The van der Waals surface area contributed by atoms with Gasteiger partial charge in [0.1, 0.15) is 5.82 Å². The van der Waals surface area contributed by atoms with Crippen LogP contribution in [0, 0.1) is 5.82 Å². The van der Waals surface area contributed by atoms with Crippen LogP contribution in [0.4, 0.5) is 10.1 Å². The van der Waals surface area contributed by atoms with E-state index in [2.05, 4.69) is 43.7 Å². The number of aromatic nitrogens is 2. The SMILES string of the molecule is CCCN1c2cc(F)c(/C=c3/sc4nc5ccccc5n4c3=O)cc2C(C)=CC1(C)C. The maximum Gasteiger partial charge on any atom is 0.274 e. The molecule has 0 fully saturated rings. The average Bonchev–Trinajstić information content (AvgIpc) is 3.22. The first-order valence-electron chi connectivity index (χ1n) is 10.5. The van der Waals surface area contributed by atoms with Gasteiger partial charge in [-0.3, -0.25) is 4.79 Å². The van der Waals surface area contributed by atoms with E-state index in [-0.39, 0.29) is 16.9 Å². The van der Waals surface area contributed by atoms with Crippen molar-refractivity contribution >= 4 is 44.7 Å². The Labute approximate surface area is 183 Å². The fraction of sp³-hybridized carbons (Fsp3) is 0.280. The highest BCUT2D eigenvalue weighted by Crippen LogP contribution is 2.40. The van der Waals surface area contributed by atoms with Gasteiger partial charge < -0.3 is 4.90 Å². The average molecular weight is 434 g/mol. The minimum absolute atomic E-state index is 0.160. The number of allylic oxidation sites excluding steroid dienone is 1. The second kappa shape index (κ2) is 7.02. The van der Waals surface area contributed by atoms with E-state index in [9.17, 15) is 4.79 Å². The van der Waals surface area contributed by atoms with Crippen LogP contribution < -0.4 is 15.0 Å². The van der Waals surface area contributed by atoms with E-state index in [0.29, 0.717) is 15.1 Å². The van der Waals surface area contributed by atoms with Gasteiger partial charge >= 0.3 is 0 Å². The van der Waals surface area contributed by atoms with E-state index in [1.807, 2.05) is 30.3 Å². The summed E-state index contributed by atoms with van der Waals surface area (Å²) in [5.41, 5.74) is 4.71. The van der Waals surface area contributed by atoms with Crippen molar-refractivity contribution in [2.24, 2.45) is 0 Å². The third-order valence-corrected chi connectivity index (χ3v) is 6.94. The van der Waals surface area contributed by atoms with Gasteiger partial charge in [0, 0.05) is 23.4 Å². The zero-order valence-electron chi connectivity index (χ0n) is 18.1. The zero-order valence-corrected chi connectivity index (χ0v) is 18.9. The number of hydrogen-bond acceptors (Lipinski definition) is 4. The van der Waals surface area contributed by atoms with Crippen molar-refractivity contribution in [2.45, 2.75) is 39.7 Å². The molecule has 31 heavy (non-hydrogen) atoms. The third-order valence-electron chi connectivity index (χ3n) is 5.97. The number of anilines is 1. The number of rotatable bonds is 3. The van der Waals surface area contributed by atoms with Crippen LogP contribution in [0.2, 0.25) is 0 Å². The minimum atomic E-state index is -0.319. The lowest BCUT2D eigenvalue weighted by molar-refractivity contribution is 0.546. The predicted octanol–water partition coefficient (Wildman–Crippen LogP) is 5.01. The van der Waals surface area contributed by atoms with E-state index in [1.54, 1.807) is 16.5 Å². The molecule has 0 radical (unpaired) electrons. The summed E-state index contributed by atoms with van der Waals surface area (Å²) in [6, 6.07) is 11.0. The largest absolute Gasteiger partial charge is 0.362 e. The molecule has 0 saturated carbocycles. The van der Waals surface area contributed by atoms with Crippen molar-refractivity contribution in [1.29, 1.82) is 0 Å². The van der Waals surface area contributed by atoms with Crippen molar-refractivity contribution in [2.75, 3.05) is 11.4 Å². The lowest BCUT2D eigenvalue weighted by Gasteiger charge is -2.43. The summed E-state index contributed by atoms with van der Waals surface area (Å²) in [6.07, 6.45) is 4.87. The first kappa shape index (κ1) is 19.9. The highest BCUT2D eigenvalue weighted by molar-refractivity contribution is 7.15. The number of nitrogens with zero attached hydrogens (tertiary/aromatic N) is 3. The van der Waals surface area contributed by atoms with Crippen LogP contribution in [0.3, 0.4) is 0 Å². The molecule has 0 atom stereocenters. The number of thiazole rings is 1. The summed E-state index contributed by atoms with van der Waals surface area (Å²) >= 11 is 1.29. The van der Waals surface area contributed by atoms with Crippen LogP contribution in [0.1, 0.15) is 45.2 Å². The highest BCUT2D eigenvalue weighted by Gasteiger charge is 2.31. The van der Waals surface area contributed by atoms with Crippen LogP contribution in [-0.2, 0) is 0 Å². The number of para-hydroxylation sites is 2. The maximum absolute atomic E-state index is 15.2. The molecule has 0 spiro atoms. The summed E-state index contributed by atoms with van der Waals surface area (Å²) < 4.78 is 17.3. The topological polar surface area (TPSA) is 37.6 Å². The summed E-state index contributed by atoms with van der Waals surface area (Å²) in [7, 11) is 0. The molecule has 2 aromatic carbocycles. The van der Waals surface area contributed by atoms with Crippen molar-refractivity contribution in [3.05, 3.63) is 74.3 Å². The summed E-state index contributed by atoms with van der Waals surface area (Å²) in [4.78, 5) is 20.5. The molecule has 0 bridgehead atoms. The molecule has 0 amide bonds. The molecular formula is C25H24FN3OS. The molecule has 3 heterocycles. The molecule has 1 aliphatic heterocycles. The van der Waals surface area contributed by atoms with Gasteiger partial charge in [-0.2, -0.15) is 0 Å². The van der Waals surface area contributed by atoms with Gasteiger partial charge in [-0.25, -0.2) is 13.8 Å². The monoisotopic (exact) mass is 433 g/mol. The lowest BCUT2D eigenvalue weighted by Crippen LogP contribution is -2.45. The number of benzene rings is 2. The van der Waals surface area contributed by atoms with Gasteiger partial charge in [-0.15, -0.1) is 0 Å². The van der Waals surface area contributed by atoms with Gasteiger partial charge in [0.25, 0.3) is 5.56 Å². The molecule has 2 aromatic heterocycles. The van der Waals surface area contributed by atoms with Crippen LogP contribution in [-0.4, -0.2) is 21.5 Å². The number of halogens is 1. The second-order valence-corrected chi connectivity index (χ2v) is 9.67. The van der Waals surface area contributed by atoms with E-state index in [1.165, 1.54) is 11.3 Å². The fourth-order valence-electron chi connectivity index (χ4n) is 4.61. The maximum atomic E-state index is 15.2. The quantitative estimate of drug-likeness (QED) is 0.456. The fourth-order valence-corrected chi connectivity index (χ4v) is 5.59. The van der Waals surface area contributed by atoms with Gasteiger partial charge in [-0.05, 0) is 63.1 Å². The lowest BCUT2D eigenvalue weighted by atomic mass is 9.87. The Morgan fingerprint density at radius 1 is 1.23 bits per heavy atom. The normalized spacial score (nSPS) is 16.2. The Hall–Kier alpha value is -2.99. The molecular weight excluding hydrogens is 409 g/mol. The molecule has 0 saturated heterocycles. The molecule has 1 aliphatic rings. The van der Waals surface area contributed by atoms with Gasteiger partial charge in [0.15, 0.2) is 4.96 Å². The Morgan fingerprint density at radius 2 is 2.00 bits per heavy atom. The number of fused-ring (bicyclic) bond motifs is 4. The van der Waals surface area contributed by atoms with Crippen molar-refractivity contribution < 1.29 is 4.39 Å². The molecule has 158 valence electrons. The highest BCUT2D eigenvalue weighted by atomic mass is 32.1. The van der Waals surface area contributed by atoms with Gasteiger partial charge in [-0.1, -0.05) is 36.5 Å². The smallest absolute Gasteiger partial charge is 0.274 e. The molecule has 0 aliphatic carbocycles. The Kier molecular flexibility index (Phi) is 4.52. The van der Waals surface area contributed by atoms with Crippen LogP contribution in [0.5, 0.6) is 0 Å². The van der Waals surface area contributed by atoms with E-state index in [0.717, 1.165) is 40.8 Å². The van der Waals surface area contributed by atoms with Crippen molar-refractivity contribution in [3.8, 4) is 0 Å². The first-order valence-corrected chi connectivity index (χ1v) is 11.3. The van der Waals surface area contributed by atoms with Crippen molar-refractivity contribution in [3.63, 3.8) is 0 Å². The second-order valence-electron chi connectivity index (χ2n) is 8.66. The van der Waals surface area contributed by atoms with Crippen LogP contribution >= 0.6 is 11.3 Å². The first-order chi connectivity index (χ1) is 14.8. The Morgan fingerprint density at radius 3 is 2.77 bits per heavy atom. The van der Waals surface area contributed by atoms with Crippen molar-refractivity contribution in [1.82, 2.24) is 9.38 Å². The molecule has 4 aromatic rings. The summed E-state index contributed by atoms with van der Waals surface area (Å²) in [6.45, 7) is 9.36. The standard InChI is InChI=1S/C25H24FN3OS/c1-5-10-28-21-13-18(26)16(11-17(21)15(2)14-25(28,3)4)12-22-23(30)29-20-9-7-6-8-19(20)27-24(29)31-22/h6-9,11-14H,5,10H2,1-4H3/b22-12+. The van der Waals surface area contributed by atoms with Gasteiger partial charge in [0.2, 0.25) is 0 Å². The molecule has 0 unspecified atom stereocenters. The third kappa shape index (κ3) is 3.08. The van der Waals surface area contributed by atoms with Crippen LogP contribution in [0.15, 0.2) is 47.3 Å². The molecule has 4 nitrogen and oxygen atoms in total. The molecule has 6 heteroatoms. The van der Waals surface area contributed by atoms with Crippen LogP contribution in [0.25, 0.3) is 27.6 Å². The predicted molar refractivity (Wildman–Crippen MR) is 127 cm³/mol. The van der Waals surface area contributed by atoms with Gasteiger partial charge in [0.05, 0.1) is 21.1 Å². The summed E-state index contributed by atoms with van der Waals surface area (Å²) in [5.74, 6) is -0.319. The molecule has 0 N–H and O–H groups in total. The van der Waals surface area contributed by atoms with E-state index >= 15 is 4.39 Å². The zero-order chi connectivity index (χ0) is 21.9. The summed E-state index contributed by atoms with van der Waals surface area (Å²) in [5, 5.41) is 0.